The number of benzene rings is 2. The molecule has 2 aromatic carbocycles. The summed E-state index contributed by atoms with van der Waals surface area (Å²) in [6, 6.07) is 11.9. The van der Waals surface area contributed by atoms with Gasteiger partial charge in [-0.1, -0.05) is 69.4 Å². The summed E-state index contributed by atoms with van der Waals surface area (Å²) in [5.74, 6) is 1.15. The Morgan fingerprint density at radius 2 is 1.64 bits per heavy atom. The minimum Gasteiger partial charge on any atom is -0.493 e. The van der Waals surface area contributed by atoms with Gasteiger partial charge in [0.25, 0.3) is 10.0 Å². The lowest BCUT2D eigenvalue weighted by atomic mass is 10.1. The Balaban J connectivity index is 2.41. The third-order valence-electron chi connectivity index (χ3n) is 5.41. The van der Waals surface area contributed by atoms with Gasteiger partial charge in [0.05, 0.1) is 30.8 Å². The van der Waals surface area contributed by atoms with Crippen molar-refractivity contribution in [3.8, 4) is 11.5 Å². The van der Waals surface area contributed by atoms with Gasteiger partial charge in [-0.2, -0.15) is 0 Å². The molecule has 2 rings (SSSR count). The molecule has 2 aromatic rings. The number of unbranched alkanes of at least 4 members (excludes halogenated alkanes) is 5. The zero-order chi connectivity index (χ0) is 24.1. The largest absolute Gasteiger partial charge is 0.493 e. The highest BCUT2D eigenvalue weighted by atomic mass is 32.2. The Labute approximate surface area is 199 Å². The first kappa shape index (κ1) is 26.5. The van der Waals surface area contributed by atoms with Crippen LogP contribution in [0.1, 0.15) is 51.0 Å². The van der Waals surface area contributed by atoms with E-state index in [0.29, 0.717) is 30.2 Å². The lowest BCUT2D eigenvalue weighted by molar-refractivity contribution is 0.282. The molecule has 0 fully saturated rings. The maximum atomic E-state index is 13.5. The van der Waals surface area contributed by atoms with Gasteiger partial charge in [-0.25, -0.2) is 8.42 Å². The second kappa shape index (κ2) is 13.7. The highest BCUT2D eigenvalue weighted by molar-refractivity contribution is 7.92. The minimum absolute atomic E-state index is 0.130. The van der Waals surface area contributed by atoms with Gasteiger partial charge in [-0.15, -0.1) is 13.2 Å². The van der Waals surface area contributed by atoms with Crippen LogP contribution < -0.4 is 13.8 Å². The molecule has 0 unspecified atom stereocenters. The smallest absolute Gasteiger partial charge is 0.264 e. The Bertz CT molecular complexity index is 987. The Morgan fingerprint density at radius 1 is 0.939 bits per heavy atom. The van der Waals surface area contributed by atoms with E-state index in [1.807, 2.05) is 0 Å². The van der Waals surface area contributed by atoms with E-state index in [2.05, 4.69) is 20.1 Å². The van der Waals surface area contributed by atoms with Gasteiger partial charge in [-0.3, -0.25) is 4.31 Å². The fourth-order valence-electron chi connectivity index (χ4n) is 3.71. The third-order valence-corrected chi connectivity index (χ3v) is 7.20. The molecule has 180 valence electrons. The van der Waals surface area contributed by atoms with Crippen molar-refractivity contribution in [3.05, 3.63) is 73.3 Å². The van der Waals surface area contributed by atoms with Crippen molar-refractivity contribution >= 4 is 15.7 Å². The van der Waals surface area contributed by atoms with Crippen molar-refractivity contribution in [2.24, 2.45) is 0 Å². The summed E-state index contributed by atoms with van der Waals surface area (Å²) < 4.78 is 40.1. The average molecular weight is 472 g/mol. The van der Waals surface area contributed by atoms with Crippen molar-refractivity contribution in [2.45, 2.75) is 56.8 Å². The number of methoxy groups -OCH3 is 1. The molecule has 0 atom stereocenters. The number of hydrogen-bond acceptors (Lipinski definition) is 4. The van der Waals surface area contributed by atoms with Crippen LogP contribution in [0.2, 0.25) is 0 Å². The molecule has 0 aliphatic carbocycles. The highest BCUT2D eigenvalue weighted by Gasteiger charge is 2.28. The number of rotatable bonds is 16. The summed E-state index contributed by atoms with van der Waals surface area (Å²) in [4.78, 5) is 0.224. The van der Waals surface area contributed by atoms with Gasteiger partial charge in [-0.05, 0) is 37.1 Å². The molecule has 0 N–H and O–H groups in total. The van der Waals surface area contributed by atoms with Crippen molar-refractivity contribution in [3.63, 3.8) is 0 Å². The van der Waals surface area contributed by atoms with Crippen LogP contribution in [0.25, 0.3) is 0 Å². The summed E-state index contributed by atoms with van der Waals surface area (Å²) in [6.45, 7) is 10.5. The van der Waals surface area contributed by atoms with Crippen molar-refractivity contribution < 1.29 is 17.9 Å². The van der Waals surface area contributed by atoms with Crippen molar-refractivity contribution in [2.75, 3.05) is 24.6 Å². The molecule has 0 saturated carbocycles. The van der Waals surface area contributed by atoms with Crippen LogP contribution in [0.15, 0.2) is 72.7 Å². The summed E-state index contributed by atoms with van der Waals surface area (Å²) in [6.07, 6.45) is 10.7. The maximum absolute atomic E-state index is 13.5. The molecule has 0 bridgehead atoms. The molecular weight excluding hydrogens is 434 g/mol. The van der Waals surface area contributed by atoms with Gasteiger partial charge in [0.2, 0.25) is 0 Å². The van der Waals surface area contributed by atoms with E-state index in [4.69, 9.17) is 9.47 Å². The van der Waals surface area contributed by atoms with Crippen LogP contribution in [0.4, 0.5) is 5.69 Å². The first-order valence-corrected chi connectivity index (χ1v) is 13.1. The molecule has 5 nitrogen and oxygen atoms in total. The zero-order valence-electron chi connectivity index (χ0n) is 20.0. The summed E-state index contributed by atoms with van der Waals surface area (Å²) in [7, 11) is -2.21. The van der Waals surface area contributed by atoms with E-state index >= 15 is 0 Å². The molecule has 0 radical (unpaired) electrons. The van der Waals surface area contributed by atoms with Crippen LogP contribution in [-0.4, -0.2) is 28.7 Å². The zero-order valence-corrected chi connectivity index (χ0v) is 20.8. The van der Waals surface area contributed by atoms with Crippen molar-refractivity contribution in [1.29, 1.82) is 0 Å². The van der Waals surface area contributed by atoms with Gasteiger partial charge in [0, 0.05) is 5.56 Å². The Kier molecular flexibility index (Phi) is 11.0. The maximum Gasteiger partial charge on any atom is 0.264 e. The molecule has 0 heterocycles. The molecule has 0 amide bonds. The first-order valence-electron chi connectivity index (χ1n) is 11.6. The second-order valence-corrected chi connectivity index (χ2v) is 9.70. The Hall–Kier alpha value is -2.73. The fourth-order valence-corrected chi connectivity index (χ4v) is 5.20. The number of anilines is 1. The summed E-state index contributed by atoms with van der Waals surface area (Å²) >= 11 is 0. The fraction of sp³-hybridized carbons (Fsp3) is 0.407. The van der Waals surface area contributed by atoms with E-state index in [1.165, 1.54) is 30.0 Å². The van der Waals surface area contributed by atoms with E-state index < -0.39 is 10.0 Å². The van der Waals surface area contributed by atoms with Crippen LogP contribution >= 0.6 is 0 Å². The monoisotopic (exact) mass is 471 g/mol. The third kappa shape index (κ3) is 7.13. The summed E-state index contributed by atoms with van der Waals surface area (Å²) in [5.41, 5.74) is 1.27. The minimum atomic E-state index is -3.80. The Morgan fingerprint density at radius 3 is 2.27 bits per heavy atom. The quantitative estimate of drug-likeness (QED) is 0.206. The lowest BCUT2D eigenvalue weighted by Gasteiger charge is -2.27. The lowest BCUT2D eigenvalue weighted by Crippen LogP contribution is -2.32. The predicted molar refractivity (Wildman–Crippen MR) is 137 cm³/mol. The van der Waals surface area contributed by atoms with Gasteiger partial charge in [0.15, 0.2) is 11.5 Å². The van der Waals surface area contributed by atoms with E-state index in [0.717, 1.165) is 18.4 Å². The van der Waals surface area contributed by atoms with Gasteiger partial charge < -0.3 is 9.47 Å². The topological polar surface area (TPSA) is 55.8 Å². The molecule has 0 aliphatic heterocycles. The molecule has 0 aliphatic rings. The number of ether oxygens (including phenoxy) is 2. The average Bonchev–Trinajstić information content (AvgIpc) is 2.83. The summed E-state index contributed by atoms with van der Waals surface area (Å²) in [5, 5.41) is 0. The van der Waals surface area contributed by atoms with Crippen LogP contribution in [0.3, 0.4) is 0 Å². The number of allylic oxidation sites excluding steroid dienone is 1. The number of sulfonamides is 1. The highest BCUT2D eigenvalue weighted by Crippen LogP contribution is 2.40. The predicted octanol–water partition coefficient (Wildman–Crippen LogP) is 6.54. The first-order chi connectivity index (χ1) is 16.0. The van der Waals surface area contributed by atoms with Gasteiger partial charge >= 0.3 is 0 Å². The molecular formula is C27H37NO4S. The van der Waals surface area contributed by atoms with Crippen LogP contribution in [0, 0.1) is 0 Å². The second-order valence-electron chi connectivity index (χ2n) is 7.84. The van der Waals surface area contributed by atoms with Gasteiger partial charge in [0.1, 0.15) is 0 Å². The number of nitrogens with zero attached hydrogens (tertiary/aromatic N) is 1. The van der Waals surface area contributed by atoms with E-state index in [9.17, 15) is 8.42 Å². The molecule has 0 saturated heterocycles. The molecule has 0 aromatic heterocycles. The van der Waals surface area contributed by atoms with E-state index in [-0.39, 0.29) is 11.4 Å². The van der Waals surface area contributed by atoms with Crippen molar-refractivity contribution in [1.82, 2.24) is 0 Å². The normalized spacial score (nSPS) is 11.1. The molecule has 0 spiro atoms. The van der Waals surface area contributed by atoms with E-state index in [1.54, 1.807) is 61.7 Å². The van der Waals surface area contributed by atoms with Crippen LogP contribution in [0.5, 0.6) is 11.5 Å². The van der Waals surface area contributed by atoms with Crippen LogP contribution in [-0.2, 0) is 16.4 Å². The number of hydrogen-bond donors (Lipinski definition) is 0. The molecule has 33 heavy (non-hydrogen) atoms. The molecule has 6 heteroatoms. The standard InChI is InChI=1S/C27H37NO4S/c1-5-8-9-10-11-15-22-32-27-24(16-6-2)25(19-20-26(27)31-4)28(21-7-3)33(29,30)23-17-13-12-14-18-23/h6-7,12-14,17-20H,2-3,5,8-11,15-16,21-22H2,1,4H3. The SMILES string of the molecule is C=CCc1c(N(CC=C)S(=O)(=O)c2ccccc2)ccc(OC)c1OCCCCCCCC.